The van der Waals surface area contributed by atoms with Crippen LogP contribution in [-0.4, -0.2) is 25.1 Å². The van der Waals surface area contributed by atoms with Gasteiger partial charge in [0.1, 0.15) is 0 Å². The van der Waals surface area contributed by atoms with Crippen LogP contribution in [0.4, 0.5) is 5.69 Å². The molecule has 0 spiro atoms. The van der Waals surface area contributed by atoms with E-state index in [0.717, 1.165) is 5.56 Å². The van der Waals surface area contributed by atoms with Gasteiger partial charge in [-0.2, -0.15) is 0 Å². The number of nitrogens with zero attached hydrogens (tertiary/aromatic N) is 1. The number of non-ortho nitro benzene ring substituents is 1. The maximum Gasteiger partial charge on any atom is 0.270 e. The summed E-state index contributed by atoms with van der Waals surface area (Å²) in [6, 6.07) is 10.8. The summed E-state index contributed by atoms with van der Waals surface area (Å²) in [5.74, 6) is 0.805. The average molecular weight is 344 g/mol. The molecule has 2 aromatic rings. The normalized spacial score (nSPS) is 11.5. The third-order valence-corrected chi connectivity index (χ3v) is 3.84. The number of carbonyl (C=O) groups is 1. The summed E-state index contributed by atoms with van der Waals surface area (Å²) >= 11 is 0. The molecule has 0 aliphatic rings. The number of rotatable bonds is 7. The van der Waals surface area contributed by atoms with Gasteiger partial charge in [-0.05, 0) is 30.2 Å². The van der Waals surface area contributed by atoms with E-state index in [2.05, 4.69) is 5.32 Å². The van der Waals surface area contributed by atoms with Gasteiger partial charge in [-0.3, -0.25) is 14.9 Å². The van der Waals surface area contributed by atoms with Crippen LogP contribution in [0.2, 0.25) is 0 Å². The highest BCUT2D eigenvalue weighted by atomic mass is 16.6. The molecule has 7 nitrogen and oxygen atoms in total. The van der Waals surface area contributed by atoms with Gasteiger partial charge < -0.3 is 14.8 Å². The van der Waals surface area contributed by atoms with Crippen molar-refractivity contribution in [3.8, 4) is 11.5 Å². The molecule has 0 aromatic heterocycles. The Bertz CT molecular complexity index is 776. The van der Waals surface area contributed by atoms with Crippen molar-refractivity contribution >= 4 is 11.6 Å². The van der Waals surface area contributed by atoms with Crippen LogP contribution in [0, 0.1) is 10.1 Å². The van der Waals surface area contributed by atoms with Gasteiger partial charge in [-0.15, -0.1) is 0 Å². The molecule has 1 amide bonds. The summed E-state index contributed by atoms with van der Waals surface area (Å²) < 4.78 is 10.5. The predicted octanol–water partition coefficient (Wildman–Crippen LogP) is 3.49. The molecule has 2 aromatic carbocycles. The Morgan fingerprint density at radius 1 is 1.16 bits per heavy atom. The fraction of sp³-hybridized carbons (Fsp3) is 0.278. The molecule has 0 aliphatic carbocycles. The maximum atomic E-state index is 12.5. The standard InChI is InChI=1S/C18H20N2O5/c1-4-15(12-8-9-16(24-2)17(11-12)25-3)19-18(21)13-6-5-7-14(10-13)20(22)23/h5-11,15H,4H2,1-3H3,(H,19,21). The molecule has 2 rings (SSSR count). The summed E-state index contributed by atoms with van der Waals surface area (Å²) in [6.07, 6.45) is 0.649. The van der Waals surface area contributed by atoms with E-state index in [0.29, 0.717) is 17.9 Å². The van der Waals surface area contributed by atoms with Crippen molar-refractivity contribution in [1.29, 1.82) is 0 Å². The zero-order valence-electron chi connectivity index (χ0n) is 14.3. The summed E-state index contributed by atoms with van der Waals surface area (Å²) in [5, 5.41) is 13.8. The second kappa shape index (κ2) is 8.14. The number of ether oxygens (including phenoxy) is 2. The van der Waals surface area contributed by atoms with Gasteiger partial charge in [0.05, 0.1) is 25.2 Å². The smallest absolute Gasteiger partial charge is 0.270 e. The average Bonchev–Trinajstić information content (AvgIpc) is 2.65. The Labute approximate surface area is 145 Å². The third-order valence-electron chi connectivity index (χ3n) is 3.84. The van der Waals surface area contributed by atoms with E-state index in [1.807, 2.05) is 13.0 Å². The number of nitrogens with one attached hydrogen (secondary N) is 1. The topological polar surface area (TPSA) is 90.7 Å². The lowest BCUT2D eigenvalue weighted by molar-refractivity contribution is -0.384. The van der Waals surface area contributed by atoms with Gasteiger partial charge in [-0.25, -0.2) is 0 Å². The molecule has 0 saturated carbocycles. The molecule has 1 N–H and O–H groups in total. The van der Waals surface area contributed by atoms with Crippen LogP contribution >= 0.6 is 0 Å². The van der Waals surface area contributed by atoms with E-state index < -0.39 is 4.92 Å². The van der Waals surface area contributed by atoms with Crippen LogP contribution in [0.25, 0.3) is 0 Å². The number of nitro benzene ring substituents is 1. The van der Waals surface area contributed by atoms with Crippen molar-refractivity contribution in [2.45, 2.75) is 19.4 Å². The summed E-state index contributed by atoms with van der Waals surface area (Å²) in [7, 11) is 3.10. The molecule has 0 radical (unpaired) electrons. The second-order valence-electron chi connectivity index (χ2n) is 5.36. The van der Waals surface area contributed by atoms with Gasteiger partial charge >= 0.3 is 0 Å². The molecule has 1 unspecified atom stereocenters. The van der Waals surface area contributed by atoms with E-state index in [1.54, 1.807) is 32.4 Å². The number of hydrogen-bond donors (Lipinski definition) is 1. The molecule has 0 heterocycles. The largest absolute Gasteiger partial charge is 0.493 e. The Morgan fingerprint density at radius 3 is 2.48 bits per heavy atom. The monoisotopic (exact) mass is 344 g/mol. The van der Waals surface area contributed by atoms with Crippen LogP contribution < -0.4 is 14.8 Å². The molecule has 0 fully saturated rings. The first-order valence-corrected chi connectivity index (χ1v) is 7.77. The van der Waals surface area contributed by atoms with Gasteiger partial charge in [-0.1, -0.05) is 19.1 Å². The third kappa shape index (κ3) is 4.26. The number of benzene rings is 2. The zero-order valence-corrected chi connectivity index (χ0v) is 14.3. The minimum atomic E-state index is -0.525. The van der Waals surface area contributed by atoms with E-state index in [9.17, 15) is 14.9 Å². The molecule has 25 heavy (non-hydrogen) atoms. The molecule has 7 heteroatoms. The molecular weight excluding hydrogens is 324 g/mol. The Balaban J connectivity index is 2.23. The highest BCUT2D eigenvalue weighted by molar-refractivity contribution is 5.95. The minimum Gasteiger partial charge on any atom is -0.493 e. The minimum absolute atomic E-state index is 0.119. The second-order valence-corrected chi connectivity index (χ2v) is 5.36. The first-order chi connectivity index (χ1) is 12.0. The van der Waals surface area contributed by atoms with Crippen molar-refractivity contribution in [1.82, 2.24) is 5.32 Å². The van der Waals surface area contributed by atoms with Crippen molar-refractivity contribution in [2.24, 2.45) is 0 Å². The van der Waals surface area contributed by atoms with Crippen LogP contribution in [0.1, 0.15) is 35.3 Å². The van der Waals surface area contributed by atoms with E-state index in [-0.39, 0.29) is 23.2 Å². The van der Waals surface area contributed by atoms with Crippen molar-refractivity contribution in [3.05, 3.63) is 63.7 Å². The number of amides is 1. The Kier molecular flexibility index (Phi) is 5.94. The number of carbonyl (C=O) groups excluding carboxylic acids is 1. The van der Waals surface area contributed by atoms with Crippen LogP contribution in [0.15, 0.2) is 42.5 Å². The quantitative estimate of drug-likeness (QED) is 0.613. The molecular formula is C18H20N2O5. The van der Waals surface area contributed by atoms with Crippen molar-refractivity contribution in [3.63, 3.8) is 0 Å². The molecule has 0 bridgehead atoms. The van der Waals surface area contributed by atoms with Gasteiger partial charge in [0.25, 0.3) is 11.6 Å². The fourth-order valence-corrected chi connectivity index (χ4v) is 2.49. The van der Waals surface area contributed by atoms with Crippen molar-refractivity contribution < 1.29 is 19.2 Å². The summed E-state index contributed by atoms with van der Waals surface area (Å²) in [6.45, 7) is 1.94. The lowest BCUT2D eigenvalue weighted by atomic mass is 10.0. The Hall–Kier alpha value is -3.09. The molecule has 0 saturated heterocycles. The number of nitro groups is 1. The molecule has 132 valence electrons. The van der Waals surface area contributed by atoms with Gasteiger partial charge in [0.15, 0.2) is 11.5 Å². The first kappa shape index (κ1) is 18.3. The van der Waals surface area contributed by atoms with Crippen LogP contribution in [-0.2, 0) is 0 Å². The van der Waals surface area contributed by atoms with E-state index >= 15 is 0 Å². The zero-order chi connectivity index (χ0) is 18.4. The lowest BCUT2D eigenvalue weighted by Crippen LogP contribution is -2.28. The highest BCUT2D eigenvalue weighted by Crippen LogP contribution is 2.31. The SMILES string of the molecule is CCC(NC(=O)c1cccc([N+](=O)[O-])c1)c1ccc(OC)c(OC)c1. The molecule has 0 aliphatic heterocycles. The first-order valence-electron chi connectivity index (χ1n) is 7.77. The van der Waals surface area contributed by atoms with E-state index in [4.69, 9.17) is 9.47 Å². The number of hydrogen-bond acceptors (Lipinski definition) is 5. The number of methoxy groups -OCH3 is 2. The van der Waals surface area contributed by atoms with Crippen LogP contribution in [0.3, 0.4) is 0 Å². The predicted molar refractivity (Wildman–Crippen MR) is 93.1 cm³/mol. The summed E-state index contributed by atoms with van der Waals surface area (Å²) in [4.78, 5) is 22.8. The summed E-state index contributed by atoms with van der Waals surface area (Å²) in [5.41, 5.74) is 0.985. The van der Waals surface area contributed by atoms with Crippen molar-refractivity contribution in [2.75, 3.05) is 14.2 Å². The van der Waals surface area contributed by atoms with Gasteiger partial charge in [0.2, 0.25) is 0 Å². The van der Waals surface area contributed by atoms with Gasteiger partial charge in [0, 0.05) is 17.7 Å². The lowest BCUT2D eigenvalue weighted by Gasteiger charge is -2.19. The fourth-order valence-electron chi connectivity index (χ4n) is 2.49. The maximum absolute atomic E-state index is 12.5. The molecule has 1 atom stereocenters. The van der Waals surface area contributed by atoms with Crippen LogP contribution in [0.5, 0.6) is 11.5 Å². The van der Waals surface area contributed by atoms with E-state index in [1.165, 1.54) is 18.2 Å². The highest BCUT2D eigenvalue weighted by Gasteiger charge is 2.18. The Morgan fingerprint density at radius 2 is 1.88 bits per heavy atom.